The minimum Gasteiger partial charge on any atom is -0.351 e. The van der Waals surface area contributed by atoms with Crippen LogP contribution in [0.15, 0.2) is 36.5 Å². The molecule has 8 nitrogen and oxygen atoms in total. The van der Waals surface area contributed by atoms with Crippen LogP contribution in [-0.2, 0) is 17.6 Å². The maximum absolute atomic E-state index is 13.1. The van der Waals surface area contributed by atoms with E-state index >= 15 is 0 Å². The van der Waals surface area contributed by atoms with Gasteiger partial charge in [-0.25, -0.2) is 4.98 Å². The van der Waals surface area contributed by atoms with Gasteiger partial charge in [0, 0.05) is 42.8 Å². The zero-order valence-corrected chi connectivity index (χ0v) is 23.4. The molecule has 0 amide bonds. The Morgan fingerprint density at radius 3 is 2.65 bits per heavy atom. The molecule has 0 spiro atoms. The average Bonchev–Trinajstić information content (AvgIpc) is 3.69. The third-order valence-electron chi connectivity index (χ3n) is 9.19. The van der Waals surface area contributed by atoms with Gasteiger partial charge in [-0.15, -0.1) is 0 Å². The molecule has 0 aliphatic heterocycles. The first-order chi connectivity index (χ1) is 19.4. The normalized spacial score (nSPS) is 24.4. The Hall–Kier alpha value is -3.73. The Labute approximate surface area is 236 Å². The summed E-state index contributed by atoms with van der Waals surface area (Å²) in [6.07, 6.45) is 14.1. The molecule has 1 aromatic carbocycles. The fraction of sp³-hybridized carbons (Fsp3) is 0.531. The molecule has 8 heteroatoms. The molecule has 1 unspecified atom stereocenters. The number of hydrogen-bond acceptors (Lipinski definition) is 7. The fourth-order valence-corrected chi connectivity index (χ4v) is 7.18. The van der Waals surface area contributed by atoms with E-state index in [-0.39, 0.29) is 5.41 Å². The van der Waals surface area contributed by atoms with E-state index in [1.807, 2.05) is 18.2 Å². The van der Waals surface area contributed by atoms with Gasteiger partial charge in [0.1, 0.15) is 11.6 Å². The monoisotopic (exact) mass is 537 g/mol. The molecular weight excluding hydrogens is 498 g/mol. The largest absolute Gasteiger partial charge is 0.351 e. The van der Waals surface area contributed by atoms with Gasteiger partial charge in [-0.05, 0) is 92.0 Å². The number of rotatable bonds is 9. The van der Waals surface area contributed by atoms with E-state index in [0.717, 1.165) is 50.2 Å². The summed E-state index contributed by atoms with van der Waals surface area (Å²) in [5.41, 5.74) is 4.41. The molecular formula is C32H39N7O. The number of nitriles is 1. The van der Waals surface area contributed by atoms with E-state index in [1.165, 1.54) is 42.5 Å². The summed E-state index contributed by atoms with van der Waals surface area (Å²) in [4.78, 5) is 22.2. The molecule has 1 atom stereocenters. The van der Waals surface area contributed by atoms with Gasteiger partial charge in [0.2, 0.25) is 5.95 Å². The van der Waals surface area contributed by atoms with E-state index in [1.54, 1.807) is 6.20 Å². The van der Waals surface area contributed by atoms with Gasteiger partial charge in [0.25, 0.3) is 0 Å². The van der Waals surface area contributed by atoms with Crippen molar-refractivity contribution in [1.29, 1.82) is 5.26 Å². The molecule has 3 aliphatic carbocycles. The number of Topliss-reactive ketones (excluding diaryl/α,β-unsaturated/α-hetero) is 1. The Morgan fingerprint density at radius 2 is 1.85 bits per heavy atom. The van der Waals surface area contributed by atoms with Crippen molar-refractivity contribution in [2.45, 2.75) is 95.9 Å². The third-order valence-corrected chi connectivity index (χ3v) is 9.19. The number of ketones is 1. The van der Waals surface area contributed by atoms with Gasteiger partial charge in [0.15, 0.2) is 5.82 Å². The predicted molar refractivity (Wildman–Crippen MR) is 155 cm³/mol. The van der Waals surface area contributed by atoms with Gasteiger partial charge < -0.3 is 10.6 Å². The molecule has 208 valence electrons. The van der Waals surface area contributed by atoms with Crippen LogP contribution in [0.5, 0.6) is 0 Å². The summed E-state index contributed by atoms with van der Waals surface area (Å²) in [5.74, 6) is 3.57. The van der Waals surface area contributed by atoms with Crippen molar-refractivity contribution in [3.63, 3.8) is 0 Å². The molecule has 2 saturated carbocycles. The quantitative estimate of drug-likeness (QED) is 0.281. The van der Waals surface area contributed by atoms with Crippen LogP contribution in [0.1, 0.15) is 99.4 Å². The lowest BCUT2D eigenvalue weighted by atomic mass is 9.78. The van der Waals surface area contributed by atoms with E-state index < -0.39 is 0 Å². The summed E-state index contributed by atoms with van der Waals surface area (Å²) in [5, 5.41) is 23.7. The first-order valence-electron chi connectivity index (χ1n) is 14.9. The molecule has 3 aromatic rings. The molecule has 40 heavy (non-hydrogen) atoms. The number of aromatic amines is 1. The summed E-state index contributed by atoms with van der Waals surface area (Å²) in [7, 11) is 0. The molecule has 2 fully saturated rings. The molecule has 0 bridgehead atoms. The highest BCUT2D eigenvalue weighted by Crippen LogP contribution is 2.41. The van der Waals surface area contributed by atoms with E-state index in [2.05, 4.69) is 55.9 Å². The Bertz CT molecular complexity index is 1390. The lowest BCUT2D eigenvalue weighted by molar-refractivity contribution is -0.122. The van der Waals surface area contributed by atoms with Gasteiger partial charge in [0.05, 0.1) is 11.6 Å². The Morgan fingerprint density at radius 1 is 1.05 bits per heavy atom. The van der Waals surface area contributed by atoms with Crippen molar-refractivity contribution in [2.24, 2.45) is 11.3 Å². The number of aromatic nitrogens is 4. The second-order valence-electron chi connectivity index (χ2n) is 12.6. The second-order valence-corrected chi connectivity index (χ2v) is 12.6. The predicted octanol–water partition coefficient (Wildman–Crippen LogP) is 6.60. The average molecular weight is 538 g/mol. The first-order valence-corrected chi connectivity index (χ1v) is 14.9. The van der Waals surface area contributed by atoms with Gasteiger partial charge >= 0.3 is 0 Å². The van der Waals surface area contributed by atoms with Crippen molar-refractivity contribution in [1.82, 2.24) is 20.2 Å². The van der Waals surface area contributed by atoms with Crippen LogP contribution in [0.25, 0.3) is 0 Å². The minimum atomic E-state index is -0.0311. The number of nitrogens with zero attached hydrogens (tertiary/aromatic N) is 4. The maximum atomic E-state index is 13.1. The molecule has 3 aliphatic rings. The lowest BCUT2D eigenvalue weighted by Gasteiger charge is -2.30. The van der Waals surface area contributed by atoms with Crippen LogP contribution in [0.2, 0.25) is 0 Å². The highest BCUT2D eigenvalue weighted by Gasteiger charge is 2.35. The molecule has 6 rings (SSSR count). The summed E-state index contributed by atoms with van der Waals surface area (Å²) >= 11 is 0. The maximum Gasteiger partial charge on any atom is 0.224 e. The zero-order valence-electron chi connectivity index (χ0n) is 23.4. The zero-order chi connectivity index (χ0) is 27.5. The van der Waals surface area contributed by atoms with Crippen LogP contribution < -0.4 is 10.6 Å². The van der Waals surface area contributed by atoms with Crippen molar-refractivity contribution >= 4 is 23.4 Å². The number of H-pyrrole nitrogens is 1. The van der Waals surface area contributed by atoms with Crippen molar-refractivity contribution in [3.05, 3.63) is 58.9 Å². The van der Waals surface area contributed by atoms with Crippen molar-refractivity contribution in [2.75, 3.05) is 10.6 Å². The summed E-state index contributed by atoms with van der Waals surface area (Å²) in [6, 6.07) is 12.5. The van der Waals surface area contributed by atoms with Gasteiger partial charge in [-0.2, -0.15) is 15.3 Å². The van der Waals surface area contributed by atoms with Crippen molar-refractivity contribution < 1.29 is 4.79 Å². The molecule has 2 heterocycles. The molecule has 2 aromatic heterocycles. The summed E-state index contributed by atoms with van der Waals surface area (Å²) < 4.78 is 0. The van der Waals surface area contributed by atoms with Gasteiger partial charge in [-0.3, -0.25) is 9.89 Å². The van der Waals surface area contributed by atoms with Crippen LogP contribution in [0.4, 0.5) is 17.6 Å². The van der Waals surface area contributed by atoms with Crippen LogP contribution >= 0.6 is 0 Å². The highest BCUT2D eigenvalue weighted by atomic mass is 16.1. The van der Waals surface area contributed by atoms with Crippen molar-refractivity contribution in [3.8, 4) is 6.07 Å². The minimum absolute atomic E-state index is 0.0311. The van der Waals surface area contributed by atoms with Crippen LogP contribution in [0.3, 0.4) is 0 Å². The first kappa shape index (κ1) is 26.5. The molecule has 0 radical (unpaired) electrons. The molecule has 3 N–H and O–H groups in total. The SMILES string of the molecule is CC1(CC(=O)CC2CCC(Nc3nccc(Nc4cc(C5CCCC5)[nH]n4)n3)CC2)Cc2ccc(C#N)cc2C1. The number of benzene rings is 1. The third kappa shape index (κ3) is 6.19. The standard InChI is InChI=1S/C32H39N7O/c1-32(17-24-9-6-22(20-33)14-25(24)18-32)19-27(40)15-21-7-10-26(11-8-21)35-31-34-13-12-29(37-31)36-30-16-28(38-39-30)23-4-2-3-5-23/h6,9,12-14,16,21,23,26H,2-5,7-8,10-11,15,17-19H2,1H3,(H3,34,35,36,37,38,39). The fourth-order valence-electron chi connectivity index (χ4n) is 7.18. The Kier molecular flexibility index (Phi) is 7.55. The Balaban J connectivity index is 0.957. The topological polar surface area (TPSA) is 119 Å². The number of carbonyl (C=O) groups excluding carboxylic acids is 1. The lowest BCUT2D eigenvalue weighted by Crippen LogP contribution is -2.29. The number of nitrogens with one attached hydrogen (secondary N) is 3. The number of carbonyl (C=O) groups is 1. The van der Waals surface area contributed by atoms with E-state index in [4.69, 9.17) is 0 Å². The van der Waals surface area contributed by atoms with E-state index in [9.17, 15) is 10.1 Å². The number of hydrogen-bond donors (Lipinski definition) is 3. The number of fused-ring (bicyclic) bond motifs is 1. The van der Waals surface area contributed by atoms with E-state index in [0.29, 0.717) is 48.0 Å². The van der Waals surface area contributed by atoms with Gasteiger partial charge in [-0.1, -0.05) is 25.8 Å². The smallest absolute Gasteiger partial charge is 0.224 e. The molecule has 0 saturated heterocycles. The highest BCUT2D eigenvalue weighted by molar-refractivity contribution is 5.79. The second kappa shape index (κ2) is 11.4. The van der Waals surface area contributed by atoms with Crippen LogP contribution in [0, 0.1) is 22.7 Å². The summed E-state index contributed by atoms with van der Waals surface area (Å²) in [6.45, 7) is 2.22. The van der Waals surface area contributed by atoms with Crippen LogP contribution in [-0.4, -0.2) is 32.0 Å². The number of anilines is 3.